The van der Waals surface area contributed by atoms with Gasteiger partial charge in [0.1, 0.15) is 12.0 Å². The summed E-state index contributed by atoms with van der Waals surface area (Å²) >= 11 is 0. The fourth-order valence-electron chi connectivity index (χ4n) is 2.17. The number of nitrogens with one attached hydrogen (secondary N) is 1. The first kappa shape index (κ1) is 15.3. The monoisotopic (exact) mass is 324 g/mol. The van der Waals surface area contributed by atoms with Crippen LogP contribution in [-0.2, 0) is 0 Å². The van der Waals surface area contributed by atoms with Crippen molar-refractivity contribution in [3.8, 4) is 5.69 Å². The van der Waals surface area contributed by atoms with E-state index in [2.05, 4.69) is 20.8 Å². The third-order valence-corrected chi connectivity index (χ3v) is 3.34. The summed E-state index contributed by atoms with van der Waals surface area (Å²) in [5, 5.41) is 25.2. The number of benzene rings is 2. The van der Waals surface area contributed by atoms with E-state index < -0.39 is 4.92 Å². The molecule has 2 aromatic carbocycles. The second-order valence-corrected chi connectivity index (χ2v) is 4.97. The van der Waals surface area contributed by atoms with Gasteiger partial charge in [-0.1, -0.05) is 6.07 Å². The summed E-state index contributed by atoms with van der Waals surface area (Å²) in [5.74, 6) is -0.231. The van der Waals surface area contributed by atoms with E-state index in [1.807, 2.05) is 0 Å². The number of anilines is 2. The maximum absolute atomic E-state index is 11.4. The van der Waals surface area contributed by atoms with E-state index in [-0.39, 0.29) is 17.0 Å². The zero-order chi connectivity index (χ0) is 17.1. The second kappa shape index (κ2) is 6.24. The quantitative estimate of drug-likeness (QED) is 0.435. The first-order valence-corrected chi connectivity index (χ1v) is 6.94. The lowest BCUT2D eigenvalue weighted by atomic mass is 10.1. The van der Waals surface area contributed by atoms with E-state index in [1.54, 1.807) is 30.3 Å². The smallest absolute Gasteiger partial charge is 0.293 e. The van der Waals surface area contributed by atoms with Crippen LogP contribution in [0.2, 0.25) is 0 Å². The van der Waals surface area contributed by atoms with Crippen molar-refractivity contribution in [1.29, 1.82) is 0 Å². The van der Waals surface area contributed by atoms with Crippen LogP contribution in [0.3, 0.4) is 0 Å². The maximum Gasteiger partial charge on any atom is 0.293 e. The largest absolute Gasteiger partial charge is 0.350 e. The second-order valence-electron chi connectivity index (χ2n) is 4.97. The number of nitro benzene ring substituents is 1. The third kappa shape index (κ3) is 3.09. The predicted octanol–water partition coefficient (Wildman–Crippen LogP) is 2.52. The Bertz CT molecular complexity index is 907. The standard InChI is InChI=1S/C15H12N6O3/c1-10(22)11-5-6-14(15(7-11)21(23)24)17-12-3-2-4-13(8-12)20-9-16-18-19-20/h2-9,17H,1H3. The van der Waals surface area contributed by atoms with Gasteiger partial charge >= 0.3 is 0 Å². The lowest BCUT2D eigenvalue weighted by Crippen LogP contribution is -2.01. The molecular formula is C15H12N6O3. The highest BCUT2D eigenvalue weighted by atomic mass is 16.6. The van der Waals surface area contributed by atoms with Crippen LogP contribution >= 0.6 is 0 Å². The number of Topliss-reactive ketones (excluding diaryl/α,β-unsaturated/α-hetero) is 1. The van der Waals surface area contributed by atoms with E-state index in [4.69, 9.17) is 0 Å². The van der Waals surface area contributed by atoms with Crippen molar-refractivity contribution in [1.82, 2.24) is 20.2 Å². The van der Waals surface area contributed by atoms with Crippen molar-refractivity contribution in [2.45, 2.75) is 6.92 Å². The molecule has 0 aliphatic carbocycles. The minimum Gasteiger partial charge on any atom is -0.350 e. The Kier molecular flexibility index (Phi) is 3.98. The third-order valence-electron chi connectivity index (χ3n) is 3.34. The Balaban J connectivity index is 1.95. The van der Waals surface area contributed by atoms with E-state index in [9.17, 15) is 14.9 Å². The number of ketones is 1. The molecule has 1 heterocycles. The molecule has 0 radical (unpaired) electrons. The lowest BCUT2D eigenvalue weighted by Gasteiger charge is -2.09. The highest BCUT2D eigenvalue weighted by molar-refractivity contribution is 5.95. The molecule has 3 aromatic rings. The van der Waals surface area contributed by atoms with Crippen molar-refractivity contribution in [2.75, 3.05) is 5.32 Å². The molecule has 0 spiro atoms. The van der Waals surface area contributed by atoms with Gasteiger partial charge in [-0.05, 0) is 47.7 Å². The van der Waals surface area contributed by atoms with E-state index >= 15 is 0 Å². The summed E-state index contributed by atoms with van der Waals surface area (Å²) in [6.45, 7) is 1.36. The number of aromatic nitrogens is 4. The van der Waals surface area contributed by atoms with E-state index in [0.717, 1.165) is 0 Å². The molecule has 120 valence electrons. The fraction of sp³-hybridized carbons (Fsp3) is 0.0667. The topological polar surface area (TPSA) is 116 Å². The summed E-state index contributed by atoms with van der Waals surface area (Å²) in [5.41, 5.74) is 1.73. The van der Waals surface area contributed by atoms with Crippen LogP contribution in [0.15, 0.2) is 48.8 Å². The maximum atomic E-state index is 11.4. The fourth-order valence-corrected chi connectivity index (χ4v) is 2.17. The average Bonchev–Trinajstić information content (AvgIpc) is 3.09. The molecule has 3 rings (SSSR count). The van der Waals surface area contributed by atoms with Gasteiger partial charge in [-0.15, -0.1) is 5.10 Å². The number of nitrogens with zero attached hydrogens (tertiary/aromatic N) is 5. The van der Waals surface area contributed by atoms with Gasteiger partial charge in [0.25, 0.3) is 5.69 Å². The number of carbonyl (C=O) groups is 1. The minimum atomic E-state index is -0.528. The molecule has 0 aliphatic heterocycles. The molecule has 0 bridgehead atoms. The van der Waals surface area contributed by atoms with Crippen LogP contribution in [-0.4, -0.2) is 30.9 Å². The normalized spacial score (nSPS) is 10.4. The van der Waals surface area contributed by atoms with Gasteiger partial charge < -0.3 is 5.32 Å². The van der Waals surface area contributed by atoms with Crippen LogP contribution < -0.4 is 5.32 Å². The molecule has 1 aromatic heterocycles. The van der Waals surface area contributed by atoms with Crippen LogP contribution in [0, 0.1) is 10.1 Å². The van der Waals surface area contributed by atoms with Gasteiger partial charge in [-0.2, -0.15) is 0 Å². The van der Waals surface area contributed by atoms with Crippen molar-refractivity contribution < 1.29 is 9.72 Å². The van der Waals surface area contributed by atoms with Gasteiger partial charge in [0.05, 0.1) is 10.6 Å². The zero-order valence-electron chi connectivity index (χ0n) is 12.6. The van der Waals surface area contributed by atoms with Gasteiger partial charge in [-0.25, -0.2) is 4.68 Å². The molecule has 0 aliphatic rings. The van der Waals surface area contributed by atoms with E-state index in [0.29, 0.717) is 17.1 Å². The van der Waals surface area contributed by atoms with Gasteiger partial charge in [0.15, 0.2) is 5.78 Å². The number of nitro groups is 1. The molecule has 0 saturated heterocycles. The zero-order valence-corrected chi connectivity index (χ0v) is 12.6. The number of rotatable bonds is 5. The Morgan fingerprint density at radius 2 is 2.08 bits per heavy atom. The summed E-state index contributed by atoms with van der Waals surface area (Å²) in [7, 11) is 0. The van der Waals surface area contributed by atoms with Crippen molar-refractivity contribution in [3.63, 3.8) is 0 Å². The van der Waals surface area contributed by atoms with Crippen LogP contribution in [0.1, 0.15) is 17.3 Å². The molecule has 0 atom stereocenters. The Morgan fingerprint density at radius 3 is 2.75 bits per heavy atom. The van der Waals surface area contributed by atoms with Gasteiger partial charge in [0, 0.05) is 17.3 Å². The highest BCUT2D eigenvalue weighted by Gasteiger charge is 2.16. The summed E-state index contributed by atoms with van der Waals surface area (Å²) in [6, 6.07) is 11.4. The first-order chi connectivity index (χ1) is 11.5. The molecule has 0 saturated carbocycles. The summed E-state index contributed by atoms with van der Waals surface area (Å²) in [6.07, 6.45) is 1.45. The molecule has 0 amide bonds. The molecule has 0 unspecified atom stereocenters. The lowest BCUT2D eigenvalue weighted by molar-refractivity contribution is -0.383. The van der Waals surface area contributed by atoms with Crippen molar-refractivity contribution in [2.24, 2.45) is 0 Å². The van der Waals surface area contributed by atoms with Crippen LogP contribution in [0.4, 0.5) is 17.1 Å². The summed E-state index contributed by atoms with van der Waals surface area (Å²) in [4.78, 5) is 22.1. The summed E-state index contributed by atoms with van der Waals surface area (Å²) < 4.78 is 1.47. The molecular weight excluding hydrogens is 312 g/mol. The number of hydrogen-bond acceptors (Lipinski definition) is 7. The van der Waals surface area contributed by atoms with Crippen LogP contribution in [0.5, 0.6) is 0 Å². The number of tetrazole rings is 1. The van der Waals surface area contributed by atoms with E-state index in [1.165, 1.54) is 30.1 Å². The Labute approximate surface area is 136 Å². The molecule has 9 heteroatoms. The highest BCUT2D eigenvalue weighted by Crippen LogP contribution is 2.29. The molecule has 9 nitrogen and oxygen atoms in total. The number of hydrogen-bond donors (Lipinski definition) is 1. The average molecular weight is 324 g/mol. The van der Waals surface area contributed by atoms with Crippen LogP contribution in [0.25, 0.3) is 5.69 Å². The minimum absolute atomic E-state index is 0.171. The predicted molar refractivity (Wildman–Crippen MR) is 85.5 cm³/mol. The molecule has 24 heavy (non-hydrogen) atoms. The Morgan fingerprint density at radius 1 is 1.25 bits per heavy atom. The van der Waals surface area contributed by atoms with Gasteiger partial charge in [-0.3, -0.25) is 14.9 Å². The Hall–Kier alpha value is -3.62. The molecule has 1 N–H and O–H groups in total. The number of carbonyl (C=O) groups excluding carboxylic acids is 1. The van der Waals surface area contributed by atoms with Crippen molar-refractivity contribution in [3.05, 3.63) is 64.5 Å². The SMILES string of the molecule is CC(=O)c1ccc(Nc2cccc(-n3cnnn3)c2)c([N+](=O)[O-])c1. The van der Waals surface area contributed by atoms with Gasteiger partial charge in [0.2, 0.25) is 0 Å². The van der Waals surface area contributed by atoms with Crippen molar-refractivity contribution >= 4 is 22.8 Å². The first-order valence-electron chi connectivity index (χ1n) is 6.94. The molecule has 0 fully saturated rings.